The quantitative estimate of drug-likeness (QED) is 0.426. The van der Waals surface area contributed by atoms with Crippen molar-refractivity contribution in [1.82, 2.24) is 19.9 Å². The van der Waals surface area contributed by atoms with Crippen LogP contribution in [0.4, 0.5) is 10.3 Å². The van der Waals surface area contributed by atoms with Crippen molar-refractivity contribution >= 4 is 55.6 Å². The van der Waals surface area contributed by atoms with Crippen LogP contribution in [0.2, 0.25) is 0 Å². The second kappa shape index (κ2) is 10.7. The minimum absolute atomic E-state index is 0. The average Bonchev–Trinajstić information content (AvgIpc) is 3.38. The maximum atomic E-state index is 4.32. The summed E-state index contributed by atoms with van der Waals surface area (Å²) >= 11 is 6.17. The molecule has 139 valence electrons. The second-order valence-electron chi connectivity index (χ2n) is 4.87. The van der Waals surface area contributed by atoms with Gasteiger partial charge >= 0.3 is 17.1 Å². The standard InChI is InChI=1S/C9H10N3S2.C6H4N3S2.Cu/c1-6(2)7-5-11-9(14-7)12-8-10-3-4-13-8;1-3-10-5(7-1)9-6-8-2-4-11-6;/h3-6H,1-2H3;1-4H;/q2*-1;+2. The van der Waals surface area contributed by atoms with Gasteiger partial charge in [-0.1, -0.05) is 26.2 Å². The van der Waals surface area contributed by atoms with Crippen molar-refractivity contribution in [3.05, 3.63) is 55.4 Å². The zero-order valence-corrected chi connectivity index (χ0v) is 17.9. The van der Waals surface area contributed by atoms with E-state index < -0.39 is 0 Å². The van der Waals surface area contributed by atoms with Gasteiger partial charge in [0.05, 0.1) is 0 Å². The van der Waals surface area contributed by atoms with Crippen molar-refractivity contribution in [3.63, 3.8) is 0 Å². The Labute approximate surface area is 177 Å². The fourth-order valence-corrected chi connectivity index (χ4v) is 3.99. The van der Waals surface area contributed by atoms with E-state index in [0.29, 0.717) is 5.92 Å². The molecular weight excluding hydrogens is 456 g/mol. The molecule has 26 heavy (non-hydrogen) atoms. The van der Waals surface area contributed by atoms with Crippen molar-refractivity contribution in [2.45, 2.75) is 19.8 Å². The maximum Gasteiger partial charge on any atom is 2.00 e. The molecule has 0 fully saturated rings. The Kier molecular flexibility index (Phi) is 8.63. The van der Waals surface area contributed by atoms with Crippen molar-refractivity contribution in [1.29, 1.82) is 0 Å². The number of hydrogen-bond donors (Lipinski definition) is 0. The van der Waals surface area contributed by atoms with Crippen LogP contribution in [0.5, 0.6) is 0 Å². The van der Waals surface area contributed by atoms with Gasteiger partial charge in [0.15, 0.2) is 0 Å². The van der Waals surface area contributed by atoms with Crippen molar-refractivity contribution in [2.75, 3.05) is 0 Å². The molecule has 0 aliphatic heterocycles. The maximum absolute atomic E-state index is 4.32. The van der Waals surface area contributed by atoms with E-state index in [1.807, 2.05) is 22.3 Å². The van der Waals surface area contributed by atoms with Crippen LogP contribution in [0.25, 0.3) is 0 Å². The predicted molar refractivity (Wildman–Crippen MR) is 104 cm³/mol. The largest absolute Gasteiger partial charge is 2.00 e. The minimum atomic E-state index is 0. The van der Waals surface area contributed by atoms with Crippen LogP contribution in [0.15, 0.2) is 50.9 Å². The number of hydrogen-bond acceptors (Lipinski definition) is 8. The Balaban J connectivity index is 0.000000184. The topological polar surface area (TPSA) is 78.7 Å². The van der Waals surface area contributed by atoms with E-state index >= 15 is 0 Å². The Bertz CT molecular complexity index is 975. The van der Waals surface area contributed by atoms with E-state index in [1.54, 1.807) is 29.9 Å². The number of aromatic nitrogens is 4. The number of rotatable bonds is 3. The molecule has 1 radical (unpaired) electrons. The first-order valence-corrected chi connectivity index (χ1v) is 10.7. The molecule has 0 unspecified atom stereocenters. The molecule has 0 N–H and O–H groups in total. The van der Waals surface area contributed by atoms with Gasteiger partial charge in [-0.2, -0.15) is 11.3 Å². The van der Waals surface area contributed by atoms with Crippen LogP contribution in [-0.4, -0.2) is 9.97 Å². The van der Waals surface area contributed by atoms with Crippen molar-refractivity contribution < 1.29 is 17.1 Å². The van der Waals surface area contributed by atoms with Crippen LogP contribution in [0, 0.1) is 0 Å². The van der Waals surface area contributed by atoms with Crippen LogP contribution in [0.1, 0.15) is 24.6 Å². The van der Waals surface area contributed by atoms with Gasteiger partial charge in [-0.3, -0.25) is 0 Å². The van der Waals surface area contributed by atoms with E-state index in [2.05, 4.69) is 43.8 Å². The van der Waals surface area contributed by atoms with E-state index in [1.165, 1.54) is 38.9 Å². The smallest absolute Gasteiger partial charge is 0.433 e. The molecule has 4 aromatic rings. The molecule has 0 amide bonds. The van der Waals surface area contributed by atoms with Crippen LogP contribution in [0.3, 0.4) is 0 Å². The number of nitrogens with zero attached hydrogens (tertiary/aromatic N) is 6. The van der Waals surface area contributed by atoms with Crippen LogP contribution < -0.4 is 19.6 Å². The molecule has 0 atom stereocenters. The molecule has 0 bridgehead atoms. The molecule has 4 aromatic heterocycles. The van der Waals surface area contributed by atoms with Gasteiger partial charge in [0.2, 0.25) is 0 Å². The molecular formula is C15H14CuN6S4. The minimum Gasteiger partial charge on any atom is -0.433 e. The molecule has 0 aliphatic rings. The van der Waals surface area contributed by atoms with Gasteiger partial charge in [-0.05, 0) is 16.1 Å². The Morgan fingerprint density at radius 3 is 2.00 bits per heavy atom. The van der Waals surface area contributed by atoms with E-state index in [4.69, 9.17) is 0 Å². The zero-order chi connectivity index (χ0) is 17.5. The van der Waals surface area contributed by atoms with E-state index in [-0.39, 0.29) is 17.1 Å². The zero-order valence-electron chi connectivity index (χ0n) is 13.7. The molecule has 4 rings (SSSR count). The molecule has 11 heteroatoms. The van der Waals surface area contributed by atoms with Gasteiger partial charge in [-0.25, -0.2) is 9.97 Å². The normalized spacial score (nSPS) is 12.0. The summed E-state index contributed by atoms with van der Waals surface area (Å²) in [6.07, 6.45) is 7.11. The Hall–Kier alpha value is -1.36. The predicted octanol–water partition coefficient (Wildman–Crippen LogP) is 3.91. The summed E-state index contributed by atoms with van der Waals surface area (Å²) in [6, 6.07) is 0. The average molecular weight is 470 g/mol. The van der Waals surface area contributed by atoms with E-state index in [0.717, 1.165) is 19.9 Å². The summed E-state index contributed by atoms with van der Waals surface area (Å²) in [5, 5.41) is 7.24. The molecule has 0 saturated carbocycles. The van der Waals surface area contributed by atoms with Crippen molar-refractivity contribution in [2.24, 2.45) is 9.98 Å². The summed E-state index contributed by atoms with van der Waals surface area (Å²) in [7, 11) is 0. The molecule has 4 heterocycles. The summed E-state index contributed by atoms with van der Waals surface area (Å²) in [4.78, 5) is 27.7. The van der Waals surface area contributed by atoms with Crippen LogP contribution >= 0.6 is 45.3 Å². The summed E-state index contributed by atoms with van der Waals surface area (Å²) < 4.78 is 0. The fourth-order valence-electron chi connectivity index (χ4n) is 1.57. The SMILES string of the molecule is CC(C)c1c[n-]/c(=N\c2nccs2)s1.[Cu+2].c1csc(/N=c2\[n-]ccs2)n1. The summed E-state index contributed by atoms with van der Waals surface area (Å²) in [5.41, 5.74) is 0. The van der Waals surface area contributed by atoms with Gasteiger partial charge in [-0.15, -0.1) is 34.0 Å². The third-order valence-electron chi connectivity index (χ3n) is 2.72. The Morgan fingerprint density at radius 1 is 0.885 bits per heavy atom. The van der Waals surface area contributed by atoms with Crippen LogP contribution in [-0.2, 0) is 17.1 Å². The van der Waals surface area contributed by atoms with Gasteiger partial charge in [0.25, 0.3) is 0 Å². The van der Waals surface area contributed by atoms with Gasteiger partial charge in [0.1, 0.15) is 10.3 Å². The number of thiazole rings is 4. The van der Waals surface area contributed by atoms with Gasteiger partial charge < -0.3 is 20.0 Å². The first kappa shape index (κ1) is 20.9. The third-order valence-corrected chi connectivity index (χ3v) is 5.91. The summed E-state index contributed by atoms with van der Waals surface area (Å²) in [6.45, 7) is 4.31. The molecule has 0 aromatic carbocycles. The first-order valence-electron chi connectivity index (χ1n) is 7.28. The third kappa shape index (κ3) is 6.42. The summed E-state index contributed by atoms with van der Waals surface area (Å²) in [5.74, 6) is 0.521. The van der Waals surface area contributed by atoms with Crippen molar-refractivity contribution in [3.8, 4) is 0 Å². The molecule has 6 nitrogen and oxygen atoms in total. The second-order valence-corrected chi connectivity index (χ2v) is 8.53. The molecule has 0 saturated heterocycles. The molecule has 0 aliphatic carbocycles. The first-order chi connectivity index (χ1) is 12.2. The fraction of sp³-hybridized carbons (Fsp3) is 0.200. The monoisotopic (exact) mass is 469 g/mol. The van der Waals surface area contributed by atoms with Gasteiger partial charge in [0, 0.05) is 32.8 Å². The van der Waals surface area contributed by atoms with E-state index in [9.17, 15) is 0 Å². The Morgan fingerprint density at radius 2 is 1.54 bits per heavy atom. The molecule has 0 spiro atoms.